The van der Waals surface area contributed by atoms with Crippen molar-refractivity contribution >= 4 is 39.8 Å². The average Bonchev–Trinajstić information content (AvgIpc) is 3.48. The molecule has 0 spiro atoms. The monoisotopic (exact) mass is 523 g/mol. The van der Waals surface area contributed by atoms with Crippen molar-refractivity contribution in [1.82, 2.24) is 15.0 Å². The van der Waals surface area contributed by atoms with Crippen LogP contribution in [0.2, 0.25) is 0 Å². The fourth-order valence-corrected chi connectivity index (χ4v) is 5.26. The Morgan fingerprint density at radius 3 is 2.74 bits per heavy atom. The molecule has 5 aromatic rings. The minimum atomic E-state index is -0.662. The van der Waals surface area contributed by atoms with Crippen LogP contribution in [0, 0.1) is 10.1 Å². The molecule has 0 atom stereocenters. The van der Waals surface area contributed by atoms with Crippen LogP contribution in [-0.4, -0.2) is 31.7 Å². The Labute approximate surface area is 222 Å². The van der Waals surface area contributed by atoms with Gasteiger partial charge < -0.3 is 14.1 Å². The Bertz CT molecular complexity index is 1750. The number of nitrogens with one attached hydrogen (secondary N) is 1. The maximum absolute atomic E-state index is 13.0. The highest BCUT2D eigenvalue weighted by atomic mass is 16.6. The molecule has 0 aliphatic heterocycles. The lowest BCUT2D eigenvalue weighted by Crippen LogP contribution is -2.24. The van der Waals surface area contributed by atoms with E-state index in [2.05, 4.69) is 10.5 Å². The van der Waals surface area contributed by atoms with Crippen molar-refractivity contribution in [3.8, 4) is 5.75 Å². The van der Waals surface area contributed by atoms with Gasteiger partial charge in [0.05, 0.1) is 33.8 Å². The van der Waals surface area contributed by atoms with Crippen molar-refractivity contribution in [2.75, 3.05) is 0 Å². The Morgan fingerprint density at radius 1 is 1.15 bits per heavy atom. The van der Waals surface area contributed by atoms with E-state index in [1.807, 2.05) is 59.2 Å². The van der Waals surface area contributed by atoms with Gasteiger partial charge in [0.15, 0.2) is 0 Å². The first-order chi connectivity index (χ1) is 19.0. The summed E-state index contributed by atoms with van der Waals surface area (Å²) in [6.07, 6.45) is 5.20. The third-order valence-electron chi connectivity index (χ3n) is 7.05. The third-order valence-corrected chi connectivity index (χ3v) is 7.05. The number of phenolic OH excluding ortho intramolecular Hbond substituents is 1. The molecular weight excluding hydrogens is 498 g/mol. The summed E-state index contributed by atoms with van der Waals surface area (Å²) < 4.78 is 7.75. The smallest absolute Gasteiger partial charge is 0.315 e. The number of nitro benzene ring substituents is 1. The van der Waals surface area contributed by atoms with E-state index < -0.39 is 22.3 Å². The molecule has 0 radical (unpaired) electrons. The predicted octanol–water partition coefficient (Wildman–Crippen LogP) is 5.02. The fraction of sp³-hybridized carbons (Fsp3) is 0.207. The topological polar surface area (TPSA) is 136 Å². The molecule has 1 aliphatic rings. The number of furan rings is 1. The number of phenols is 1. The fourth-order valence-electron chi connectivity index (χ4n) is 5.26. The van der Waals surface area contributed by atoms with Crippen molar-refractivity contribution < 1.29 is 19.2 Å². The molecule has 10 heteroatoms. The Hall–Kier alpha value is -4.99. The minimum Gasteiger partial charge on any atom is -0.502 e. The predicted molar refractivity (Wildman–Crippen MR) is 146 cm³/mol. The van der Waals surface area contributed by atoms with E-state index >= 15 is 0 Å². The lowest BCUT2D eigenvalue weighted by molar-refractivity contribution is -0.385. The molecule has 196 valence electrons. The summed E-state index contributed by atoms with van der Waals surface area (Å²) in [5.41, 5.74) is 6.12. The van der Waals surface area contributed by atoms with Crippen LogP contribution in [0.4, 0.5) is 5.69 Å². The number of carbonyl (C=O) groups is 1. The third kappa shape index (κ3) is 4.61. The molecule has 0 saturated carbocycles. The summed E-state index contributed by atoms with van der Waals surface area (Å²) in [5.74, 6) is 0.599. The van der Waals surface area contributed by atoms with Crippen molar-refractivity contribution in [2.24, 2.45) is 5.10 Å². The minimum absolute atomic E-state index is 0.0303. The number of para-hydroxylation sites is 2. The van der Waals surface area contributed by atoms with Crippen molar-refractivity contribution in [3.63, 3.8) is 0 Å². The number of aromatic hydroxyl groups is 1. The lowest BCUT2D eigenvalue weighted by atomic mass is 9.93. The van der Waals surface area contributed by atoms with Gasteiger partial charge in [-0.1, -0.05) is 42.5 Å². The molecule has 10 nitrogen and oxygen atoms in total. The SMILES string of the molecule is O=C(Cn1c(Cc2ccccc2)nc2ccccc21)NN=Cc1c(O)c([N+](=O)[O-])cc2oc3c(c12)CCCC3. The van der Waals surface area contributed by atoms with E-state index in [0.29, 0.717) is 17.4 Å². The zero-order valence-electron chi connectivity index (χ0n) is 21.0. The number of amides is 1. The normalized spacial score (nSPS) is 13.2. The molecule has 2 heterocycles. The number of fused-ring (bicyclic) bond motifs is 4. The lowest BCUT2D eigenvalue weighted by Gasteiger charge is -2.10. The van der Waals surface area contributed by atoms with Crippen LogP contribution in [0.3, 0.4) is 0 Å². The van der Waals surface area contributed by atoms with Crippen LogP contribution >= 0.6 is 0 Å². The zero-order chi connectivity index (χ0) is 26.9. The van der Waals surface area contributed by atoms with Gasteiger partial charge in [-0.25, -0.2) is 10.4 Å². The van der Waals surface area contributed by atoms with Crippen LogP contribution in [0.15, 0.2) is 70.2 Å². The molecule has 39 heavy (non-hydrogen) atoms. The molecule has 1 aliphatic carbocycles. The van der Waals surface area contributed by atoms with Crippen LogP contribution in [0.5, 0.6) is 5.75 Å². The maximum Gasteiger partial charge on any atom is 0.315 e. The highest BCUT2D eigenvalue weighted by Gasteiger charge is 2.27. The number of aromatic nitrogens is 2. The molecule has 6 rings (SSSR count). The Balaban J connectivity index is 1.29. The first-order valence-electron chi connectivity index (χ1n) is 12.7. The Kier molecular flexibility index (Phi) is 6.28. The first-order valence-corrected chi connectivity index (χ1v) is 12.7. The summed E-state index contributed by atoms with van der Waals surface area (Å²) in [6.45, 7) is -0.0303. The van der Waals surface area contributed by atoms with Gasteiger partial charge in [0.25, 0.3) is 5.91 Å². The molecule has 0 unspecified atom stereocenters. The highest BCUT2D eigenvalue weighted by molar-refractivity contribution is 6.05. The van der Waals surface area contributed by atoms with Crippen molar-refractivity contribution in [2.45, 2.75) is 38.6 Å². The first kappa shape index (κ1) is 24.4. The number of benzene rings is 3. The number of imidazole rings is 1. The average molecular weight is 524 g/mol. The van der Waals surface area contributed by atoms with Gasteiger partial charge >= 0.3 is 5.69 Å². The number of nitro groups is 1. The van der Waals surface area contributed by atoms with Crippen LogP contribution < -0.4 is 5.43 Å². The highest BCUT2D eigenvalue weighted by Crippen LogP contribution is 2.41. The van der Waals surface area contributed by atoms with E-state index in [9.17, 15) is 20.0 Å². The molecule has 1 amide bonds. The maximum atomic E-state index is 13.0. The summed E-state index contributed by atoms with van der Waals surface area (Å²) in [7, 11) is 0. The number of carbonyl (C=O) groups excluding carboxylic acids is 1. The van der Waals surface area contributed by atoms with E-state index in [4.69, 9.17) is 9.40 Å². The molecular formula is C29H25N5O5. The molecule has 0 fully saturated rings. The van der Waals surface area contributed by atoms with E-state index in [1.54, 1.807) is 0 Å². The number of aryl methyl sites for hydroxylation is 2. The van der Waals surface area contributed by atoms with Crippen molar-refractivity contribution in [3.05, 3.63) is 99.1 Å². The van der Waals surface area contributed by atoms with Crippen LogP contribution in [0.1, 0.15) is 41.1 Å². The molecule has 0 saturated heterocycles. The van der Waals surface area contributed by atoms with E-state index in [0.717, 1.165) is 59.4 Å². The number of hydrogen-bond acceptors (Lipinski definition) is 7. The van der Waals surface area contributed by atoms with Crippen LogP contribution in [-0.2, 0) is 30.6 Å². The van der Waals surface area contributed by atoms with Gasteiger partial charge in [0.1, 0.15) is 23.7 Å². The summed E-state index contributed by atoms with van der Waals surface area (Å²) >= 11 is 0. The van der Waals surface area contributed by atoms with Gasteiger partial charge in [0.2, 0.25) is 5.75 Å². The Morgan fingerprint density at radius 2 is 1.92 bits per heavy atom. The van der Waals surface area contributed by atoms with E-state index in [1.165, 1.54) is 12.3 Å². The second kappa shape index (κ2) is 10.1. The second-order valence-corrected chi connectivity index (χ2v) is 9.56. The van der Waals surface area contributed by atoms with Gasteiger partial charge in [-0.05, 0) is 37.0 Å². The standard InChI is InChI=1S/C29H25N5O5/c35-27(17-33-22-12-6-5-11-21(22)31-26(33)14-18-8-2-1-3-9-18)32-30-16-20-28-19-10-4-7-13-24(19)39-25(28)15-23(29(20)36)34(37)38/h1-3,5-6,8-9,11-12,15-16,36H,4,7,10,13-14,17H2,(H,32,35). The molecule has 2 N–H and O–H groups in total. The summed E-state index contributed by atoms with van der Waals surface area (Å²) in [4.78, 5) is 28.6. The summed E-state index contributed by atoms with van der Waals surface area (Å²) in [5, 5.41) is 27.0. The van der Waals surface area contributed by atoms with Gasteiger partial charge in [-0.3, -0.25) is 14.9 Å². The van der Waals surface area contributed by atoms with Gasteiger partial charge in [0, 0.05) is 23.8 Å². The molecule has 3 aromatic carbocycles. The molecule has 2 aromatic heterocycles. The number of nitrogens with zero attached hydrogens (tertiary/aromatic N) is 4. The molecule has 0 bridgehead atoms. The number of rotatable bonds is 7. The van der Waals surface area contributed by atoms with Crippen molar-refractivity contribution in [1.29, 1.82) is 0 Å². The number of hydrogen-bond donors (Lipinski definition) is 2. The largest absolute Gasteiger partial charge is 0.502 e. The van der Waals surface area contributed by atoms with Gasteiger partial charge in [-0.2, -0.15) is 5.10 Å². The number of hydrazone groups is 1. The van der Waals surface area contributed by atoms with Gasteiger partial charge in [-0.15, -0.1) is 0 Å². The van der Waals surface area contributed by atoms with Crippen LogP contribution in [0.25, 0.3) is 22.0 Å². The summed E-state index contributed by atoms with van der Waals surface area (Å²) in [6, 6.07) is 18.7. The second-order valence-electron chi connectivity index (χ2n) is 9.56. The van der Waals surface area contributed by atoms with E-state index in [-0.39, 0.29) is 12.1 Å². The quantitative estimate of drug-likeness (QED) is 0.175. The zero-order valence-corrected chi connectivity index (χ0v) is 21.0.